The highest BCUT2D eigenvalue weighted by atomic mass is 28.2. The van der Waals surface area contributed by atoms with Crippen LogP contribution in [0, 0.1) is 6.07 Å². The van der Waals surface area contributed by atoms with E-state index in [9.17, 15) is 0 Å². The van der Waals surface area contributed by atoms with Crippen molar-refractivity contribution in [1.29, 1.82) is 0 Å². The quantitative estimate of drug-likeness (QED) is 0.521. The SMILES string of the molecule is [c]1cccc2c1[SiH2]c1ccccc1N2. The third kappa shape index (κ3) is 1.15. The Labute approximate surface area is 85.6 Å². The standard InChI is InChI=1S/C12H10NSi/c1-3-7-11-9(5-1)13-10-6-2-4-8-12(10)14-11/h1-7,13H,14H2. The fraction of sp³-hybridized carbons (Fsp3) is 0. The van der Waals surface area contributed by atoms with Crippen LogP contribution in [0.15, 0.2) is 42.5 Å². The molecule has 14 heavy (non-hydrogen) atoms. The van der Waals surface area contributed by atoms with Crippen molar-refractivity contribution in [3.05, 3.63) is 48.5 Å². The number of benzene rings is 2. The van der Waals surface area contributed by atoms with Gasteiger partial charge in [-0.25, -0.2) is 0 Å². The van der Waals surface area contributed by atoms with Crippen molar-refractivity contribution in [1.82, 2.24) is 0 Å². The number of fused-ring (bicyclic) bond motifs is 2. The van der Waals surface area contributed by atoms with Gasteiger partial charge in [0.2, 0.25) is 0 Å². The van der Waals surface area contributed by atoms with Crippen molar-refractivity contribution in [2.75, 3.05) is 5.32 Å². The molecule has 1 nitrogen and oxygen atoms in total. The highest BCUT2D eigenvalue weighted by Crippen LogP contribution is 2.15. The Balaban J connectivity index is 2.12. The second-order valence-electron chi connectivity index (χ2n) is 3.52. The van der Waals surface area contributed by atoms with E-state index in [2.05, 4.69) is 41.7 Å². The number of hydrogen-bond donors (Lipinski definition) is 1. The lowest BCUT2D eigenvalue weighted by atomic mass is 10.2. The number of hydrogen-bond acceptors (Lipinski definition) is 1. The molecule has 2 heteroatoms. The van der Waals surface area contributed by atoms with Crippen molar-refractivity contribution >= 4 is 31.3 Å². The molecule has 1 heterocycles. The molecule has 0 saturated heterocycles. The molecule has 0 spiro atoms. The first-order valence-corrected chi connectivity index (χ1v) is 6.19. The van der Waals surface area contributed by atoms with E-state index >= 15 is 0 Å². The molecule has 1 radical (unpaired) electrons. The third-order valence-electron chi connectivity index (χ3n) is 2.60. The van der Waals surface area contributed by atoms with Crippen LogP contribution in [0.1, 0.15) is 0 Å². The number of anilines is 2. The zero-order valence-electron chi connectivity index (χ0n) is 7.75. The summed E-state index contributed by atoms with van der Waals surface area (Å²) >= 11 is 0. The van der Waals surface area contributed by atoms with Gasteiger partial charge in [-0.15, -0.1) is 0 Å². The highest BCUT2D eigenvalue weighted by molar-refractivity contribution is 6.71. The van der Waals surface area contributed by atoms with Crippen molar-refractivity contribution in [2.24, 2.45) is 0 Å². The summed E-state index contributed by atoms with van der Waals surface area (Å²) in [7, 11) is -0.313. The maximum absolute atomic E-state index is 3.44. The maximum Gasteiger partial charge on any atom is 0.0937 e. The summed E-state index contributed by atoms with van der Waals surface area (Å²) in [6.45, 7) is 0. The van der Waals surface area contributed by atoms with E-state index in [4.69, 9.17) is 0 Å². The van der Waals surface area contributed by atoms with E-state index in [0.717, 1.165) is 0 Å². The predicted octanol–water partition coefficient (Wildman–Crippen LogP) is 0.663. The van der Waals surface area contributed by atoms with E-state index in [-0.39, 0.29) is 9.52 Å². The van der Waals surface area contributed by atoms with Gasteiger partial charge >= 0.3 is 0 Å². The summed E-state index contributed by atoms with van der Waals surface area (Å²) in [6, 6.07) is 18.1. The number of para-hydroxylation sites is 1. The first kappa shape index (κ1) is 7.82. The smallest absolute Gasteiger partial charge is 0.0937 e. The lowest BCUT2D eigenvalue weighted by Crippen LogP contribution is -2.35. The summed E-state index contributed by atoms with van der Waals surface area (Å²) in [5.74, 6) is 0. The molecule has 2 aromatic carbocycles. The minimum atomic E-state index is -0.313. The Morgan fingerprint density at radius 1 is 1.00 bits per heavy atom. The molecule has 1 aliphatic heterocycles. The third-order valence-corrected chi connectivity index (χ3v) is 4.53. The predicted molar refractivity (Wildman–Crippen MR) is 62.8 cm³/mol. The van der Waals surface area contributed by atoms with E-state index in [1.807, 2.05) is 12.1 Å². The topological polar surface area (TPSA) is 12.0 Å². The first-order chi connectivity index (χ1) is 6.93. The molecule has 0 aromatic heterocycles. The van der Waals surface area contributed by atoms with Crippen LogP contribution in [0.25, 0.3) is 0 Å². The van der Waals surface area contributed by atoms with E-state index in [1.165, 1.54) is 21.7 Å². The Kier molecular flexibility index (Phi) is 1.67. The van der Waals surface area contributed by atoms with E-state index in [0.29, 0.717) is 0 Å². The number of nitrogens with one attached hydrogen (secondary N) is 1. The van der Waals surface area contributed by atoms with Crippen LogP contribution < -0.4 is 15.7 Å². The van der Waals surface area contributed by atoms with Gasteiger partial charge in [0.05, 0.1) is 9.52 Å². The fourth-order valence-electron chi connectivity index (χ4n) is 1.87. The highest BCUT2D eigenvalue weighted by Gasteiger charge is 2.13. The zero-order chi connectivity index (χ0) is 9.38. The van der Waals surface area contributed by atoms with E-state index < -0.39 is 0 Å². The normalized spacial score (nSPS) is 12.6. The van der Waals surface area contributed by atoms with Crippen molar-refractivity contribution in [2.45, 2.75) is 0 Å². The van der Waals surface area contributed by atoms with Crippen LogP contribution >= 0.6 is 0 Å². The van der Waals surface area contributed by atoms with Crippen molar-refractivity contribution in [3.63, 3.8) is 0 Å². The van der Waals surface area contributed by atoms with Gasteiger partial charge in [0.25, 0.3) is 0 Å². The molecule has 1 aliphatic rings. The Hall–Kier alpha value is -1.54. The fourth-order valence-corrected chi connectivity index (χ4v) is 3.51. The summed E-state index contributed by atoms with van der Waals surface area (Å²) in [5, 5.41) is 6.33. The Bertz CT molecular complexity index is 392. The van der Waals surface area contributed by atoms with Gasteiger partial charge in [-0.05, 0) is 28.6 Å². The molecule has 67 valence electrons. The molecular weight excluding hydrogens is 186 g/mol. The molecule has 0 atom stereocenters. The van der Waals surface area contributed by atoms with Crippen LogP contribution in [0.2, 0.25) is 0 Å². The van der Waals surface area contributed by atoms with Crippen LogP contribution in [0.3, 0.4) is 0 Å². The minimum absolute atomic E-state index is 0.313. The summed E-state index contributed by atoms with van der Waals surface area (Å²) < 4.78 is 0. The van der Waals surface area contributed by atoms with Crippen molar-refractivity contribution < 1.29 is 0 Å². The average Bonchev–Trinajstić information content (AvgIpc) is 2.26. The largest absolute Gasteiger partial charge is 0.356 e. The van der Waals surface area contributed by atoms with Crippen molar-refractivity contribution in [3.8, 4) is 0 Å². The zero-order valence-corrected chi connectivity index (χ0v) is 9.16. The Morgan fingerprint density at radius 2 is 1.86 bits per heavy atom. The van der Waals surface area contributed by atoms with Gasteiger partial charge in [-0.1, -0.05) is 30.3 Å². The van der Waals surface area contributed by atoms with E-state index in [1.54, 1.807) is 0 Å². The minimum Gasteiger partial charge on any atom is -0.356 e. The molecule has 0 saturated carbocycles. The molecule has 1 N–H and O–H groups in total. The van der Waals surface area contributed by atoms with Gasteiger partial charge in [-0.2, -0.15) is 0 Å². The molecule has 0 unspecified atom stereocenters. The molecule has 0 amide bonds. The monoisotopic (exact) mass is 196 g/mol. The second kappa shape index (κ2) is 2.99. The molecule has 2 aromatic rings. The van der Waals surface area contributed by atoms with Crippen LogP contribution in [0.4, 0.5) is 11.4 Å². The van der Waals surface area contributed by atoms with Gasteiger partial charge in [0.15, 0.2) is 0 Å². The second-order valence-corrected chi connectivity index (χ2v) is 5.34. The summed E-state index contributed by atoms with van der Waals surface area (Å²) in [6.07, 6.45) is 0. The lowest BCUT2D eigenvalue weighted by molar-refractivity contribution is 1.57. The maximum atomic E-state index is 3.44. The van der Waals surface area contributed by atoms with Gasteiger partial charge in [0.1, 0.15) is 0 Å². The lowest BCUT2D eigenvalue weighted by Gasteiger charge is -2.20. The molecule has 3 rings (SSSR count). The first-order valence-electron chi connectivity index (χ1n) is 4.78. The summed E-state index contributed by atoms with van der Waals surface area (Å²) in [4.78, 5) is 0. The van der Waals surface area contributed by atoms with Gasteiger partial charge in [-0.3, -0.25) is 0 Å². The van der Waals surface area contributed by atoms with Crippen LogP contribution in [-0.2, 0) is 0 Å². The molecule has 0 bridgehead atoms. The summed E-state index contributed by atoms with van der Waals surface area (Å²) in [5.41, 5.74) is 2.53. The average molecular weight is 196 g/mol. The Morgan fingerprint density at radius 3 is 2.86 bits per heavy atom. The molecular formula is C12H10NSi. The molecule has 0 aliphatic carbocycles. The van der Waals surface area contributed by atoms with Gasteiger partial charge in [0, 0.05) is 11.4 Å². The molecule has 0 fully saturated rings. The van der Waals surface area contributed by atoms with Crippen LogP contribution in [-0.4, -0.2) is 9.52 Å². The van der Waals surface area contributed by atoms with Crippen LogP contribution in [0.5, 0.6) is 0 Å². The number of rotatable bonds is 0. The van der Waals surface area contributed by atoms with Gasteiger partial charge < -0.3 is 5.32 Å².